The van der Waals surface area contributed by atoms with Crippen molar-refractivity contribution in [1.82, 2.24) is 5.32 Å². The first-order valence-electron chi connectivity index (χ1n) is 4.65. The molecular weight excluding hydrogens is 218 g/mol. The van der Waals surface area contributed by atoms with Crippen LogP contribution in [0.1, 0.15) is 26.7 Å². The normalized spacial score (nSPS) is 11.0. The molecule has 0 saturated carbocycles. The molecule has 0 spiro atoms. The lowest BCUT2D eigenvalue weighted by Crippen LogP contribution is -2.22. The monoisotopic (exact) mass is 237 g/mol. The topological polar surface area (TPSA) is 21.3 Å². The third-order valence-electron chi connectivity index (χ3n) is 1.47. The summed E-state index contributed by atoms with van der Waals surface area (Å²) in [6.07, 6.45) is 2.85. The molecule has 0 amide bonds. The van der Waals surface area contributed by atoms with Crippen molar-refractivity contribution in [2.75, 3.05) is 25.0 Å². The zero-order valence-electron chi connectivity index (χ0n) is 8.11. The number of rotatable bonds is 8. The van der Waals surface area contributed by atoms with Crippen molar-refractivity contribution < 1.29 is 4.74 Å². The summed E-state index contributed by atoms with van der Waals surface area (Å²) in [6, 6.07) is 0. The molecule has 74 valence electrons. The lowest BCUT2D eigenvalue weighted by molar-refractivity contribution is 0.0809. The van der Waals surface area contributed by atoms with E-state index in [1.54, 1.807) is 0 Å². The van der Waals surface area contributed by atoms with Crippen LogP contribution in [-0.4, -0.2) is 31.1 Å². The standard InChI is InChI=1S/C9H20BrNO/c1-9(2)12-8-7-11-6-4-3-5-10/h9,11H,3-8H2,1-2H3. The first kappa shape index (κ1) is 12.4. The second kappa shape index (κ2) is 9.49. The van der Waals surface area contributed by atoms with Gasteiger partial charge in [0.25, 0.3) is 0 Å². The highest BCUT2D eigenvalue weighted by Gasteiger charge is 1.91. The Hall–Kier alpha value is 0.400. The number of hydrogen-bond acceptors (Lipinski definition) is 2. The smallest absolute Gasteiger partial charge is 0.0594 e. The summed E-state index contributed by atoms with van der Waals surface area (Å²) in [4.78, 5) is 0. The van der Waals surface area contributed by atoms with E-state index < -0.39 is 0 Å². The molecule has 3 heteroatoms. The highest BCUT2D eigenvalue weighted by atomic mass is 79.9. The molecule has 12 heavy (non-hydrogen) atoms. The van der Waals surface area contributed by atoms with E-state index >= 15 is 0 Å². The number of ether oxygens (including phenoxy) is 1. The molecule has 1 N–H and O–H groups in total. The van der Waals surface area contributed by atoms with Crippen LogP contribution >= 0.6 is 15.9 Å². The van der Waals surface area contributed by atoms with Gasteiger partial charge in [-0.2, -0.15) is 0 Å². The van der Waals surface area contributed by atoms with Crippen molar-refractivity contribution in [1.29, 1.82) is 0 Å². The van der Waals surface area contributed by atoms with Gasteiger partial charge >= 0.3 is 0 Å². The molecule has 0 heterocycles. The van der Waals surface area contributed by atoms with Gasteiger partial charge in [0.1, 0.15) is 0 Å². The van der Waals surface area contributed by atoms with Crippen LogP contribution in [0.5, 0.6) is 0 Å². The molecule has 0 aromatic carbocycles. The number of nitrogens with one attached hydrogen (secondary N) is 1. The number of unbranched alkanes of at least 4 members (excludes halogenated alkanes) is 1. The highest BCUT2D eigenvalue weighted by molar-refractivity contribution is 9.09. The molecule has 0 aromatic heterocycles. The third-order valence-corrected chi connectivity index (χ3v) is 2.03. The molecule has 0 unspecified atom stereocenters. The fourth-order valence-electron chi connectivity index (χ4n) is 0.836. The van der Waals surface area contributed by atoms with E-state index in [9.17, 15) is 0 Å². The summed E-state index contributed by atoms with van der Waals surface area (Å²) in [5, 5.41) is 4.44. The summed E-state index contributed by atoms with van der Waals surface area (Å²) in [5.41, 5.74) is 0. The summed E-state index contributed by atoms with van der Waals surface area (Å²) in [5.74, 6) is 0. The van der Waals surface area contributed by atoms with Gasteiger partial charge in [-0.3, -0.25) is 0 Å². The van der Waals surface area contributed by atoms with E-state index in [1.807, 2.05) is 0 Å². The molecule has 0 atom stereocenters. The molecule has 0 aliphatic rings. The molecule has 0 fully saturated rings. The quantitative estimate of drug-likeness (QED) is 0.517. The van der Waals surface area contributed by atoms with Gasteiger partial charge in [0, 0.05) is 11.9 Å². The zero-order valence-corrected chi connectivity index (χ0v) is 9.69. The Morgan fingerprint density at radius 3 is 2.58 bits per heavy atom. The Kier molecular flexibility index (Phi) is 9.80. The Morgan fingerprint density at radius 1 is 1.25 bits per heavy atom. The van der Waals surface area contributed by atoms with Crippen LogP contribution in [0.15, 0.2) is 0 Å². The molecule has 2 nitrogen and oxygen atoms in total. The van der Waals surface area contributed by atoms with Crippen molar-refractivity contribution in [3.8, 4) is 0 Å². The minimum atomic E-state index is 0.356. The lowest BCUT2D eigenvalue weighted by atomic mass is 10.3. The molecule has 0 rings (SSSR count). The maximum absolute atomic E-state index is 5.38. The molecule has 0 aromatic rings. The Balaban J connectivity index is 2.82. The van der Waals surface area contributed by atoms with Gasteiger partial charge in [0.05, 0.1) is 12.7 Å². The predicted octanol–water partition coefficient (Wildman–Crippen LogP) is 2.18. The maximum atomic E-state index is 5.38. The van der Waals surface area contributed by atoms with E-state index in [1.165, 1.54) is 12.8 Å². The largest absolute Gasteiger partial charge is 0.377 e. The van der Waals surface area contributed by atoms with Gasteiger partial charge in [0.2, 0.25) is 0 Å². The SMILES string of the molecule is CC(C)OCCNCCCCBr. The van der Waals surface area contributed by atoms with Crippen LogP contribution in [0, 0.1) is 0 Å². The minimum absolute atomic E-state index is 0.356. The van der Waals surface area contributed by atoms with E-state index in [-0.39, 0.29) is 0 Å². The average Bonchev–Trinajstić information content (AvgIpc) is 2.02. The minimum Gasteiger partial charge on any atom is -0.377 e. The van der Waals surface area contributed by atoms with Crippen molar-refractivity contribution in [3.63, 3.8) is 0 Å². The molecular formula is C9H20BrNO. The van der Waals surface area contributed by atoms with Crippen LogP contribution < -0.4 is 5.32 Å². The van der Waals surface area contributed by atoms with Crippen LogP contribution in [0.2, 0.25) is 0 Å². The summed E-state index contributed by atoms with van der Waals surface area (Å²) in [6.45, 7) is 7.02. The Labute approximate surface area is 84.2 Å². The van der Waals surface area contributed by atoms with E-state index in [4.69, 9.17) is 4.74 Å². The Bertz CT molecular complexity index is 88.6. The van der Waals surface area contributed by atoms with Crippen LogP contribution in [0.25, 0.3) is 0 Å². The number of alkyl halides is 1. The van der Waals surface area contributed by atoms with Crippen molar-refractivity contribution in [2.24, 2.45) is 0 Å². The third kappa shape index (κ3) is 10.4. The van der Waals surface area contributed by atoms with Crippen molar-refractivity contribution in [3.05, 3.63) is 0 Å². The molecule has 0 radical (unpaired) electrons. The number of halogens is 1. The molecule has 0 bridgehead atoms. The van der Waals surface area contributed by atoms with Crippen LogP contribution in [0.3, 0.4) is 0 Å². The molecule has 0 saturated heterocycles. The second-order valence-corrected chi connectivity index (χ2v) is 3.86. The molecule has 0 aliphatic carbocycles. The fourth-order valence-corrected chi connectivity index (χ4v) is 1.23. The summed E-state index contributed by atoms with van der Waals surface area (Å²) in [7, 11) is 0. The van der Waals surface area contributed by atoms with Crippen molar-refractivity contribution in [2.45, 2.75) is 32.8 Å². The Morgan fingerprint density at radius 2 is 2.00 bits per heavy atom. The zero-order chi connectivity index (χ0) is 9.23. The highest BCUT2D eigenvalue weighted by Crippen LogP contribution is 1.91. The van der Waals surface area contributed by atoms with Gasteiger partial charge in [-0.1, -0.05) is 15.9 Å². The van der Waals surface area contributed by atoms with E-state index in [2.05, 4.69) is 35.1 Å². The summed E-state index contributed by atoms with van der Waals surface area (Å²) >= 11 is 3.40. The van der Waals surface area contributed by atoms with E-state index in [0.717, 1.165) is 25.0 Å². The summed E-state index contributed by atoms with van der Waals surface area (Å²) < 4.78 is 5.38. The first-order chi connectivity index (χ1) is 5.77. The van der Waals surface area contributed by atoms with Gasteiger partial charge in [-0.25, -0.2) is 0 Å². The van der Waals surface area contributed by atoms with Gasteiger partial charge in [0.15, 0.2) is 0 Å². The van der Waals surface area contributed by atoms with Crippen LogP contribution in [-0.2, 0) is 4.74 Å². The van der Waals surface area contributed by atoms with E-state index in [0.29, 0.717) is 6.10 Å². The van der Waals surface area contributed by atoms with Gasteiger partial charge in [-0.05, 0) is 33.2 Å². The fraction of sp³-hybridized carbons (Fsp3) is 1.00. The van der Waals surface area contributed by atoms with Crippen LogP contribution in [0.4, 0.5) is 0 Å². The predicted molar refractivity (Wildman–Crippen MR) is 57.0 cm³/mol. The average molecular weight is 238 g/mol. The molecule has 0 aliphatic heterocycles. The van der Waals surface area contributed by atoms with Gasteiger partial charge < -0.3 is 10.1 Å². The number of hydrogen-bond donors (Lipinski definition) is 1. The lowest BCUT2D eigenvalue weighted by Gasteiger charge is -2.07. The van der Waals surface area contributed by atoms with Crippen molar-refractivity contribution >= 4 is 15.9 Å². The first-order valence-corrected chi connectivity index (χ1v) is 5.77. The maximum Gasteiger partial charge on any atom is 0.0594 e. The van der Waals surface area contributed by atoms with Gasteiger partial charge in [-0.15, -0.1) is 0 Å². The second-order valence-electron chi connectivity index (χ2n) is 3.07.